The Bertz CT molecular complexity index is 814. The summed E-state index contributed by atoms with van der Waals surface area (Å²) in [6.45, 7) is 0.487. The molecule has 2 heterocycles. The molecule has 0 spiro atoms. The van der Waals surface area contributed by atoms with Crippen molar-refractivity contribution in [3.63, 3.8) is 0 Å². The van der Waals surface area contributed by atoms with E-state index in [0.29, 0.717) is 17.6 Å². The van der Waals surface area contributed by atoms with E-state index >= 15 is 0 Å². The molecule has 0 unspecified atom stereocenters. The van der Waals surface area contributed by atoms with Crippen molar-refractivity contribution in [2.75, 3.05) is 6.54 Å². The highest BCUT2D eigenvalue weighted by Gasteiger charge is 2.11. The number of fused-ring (bicyclic) bond motifs is 1. The maximum absolute atomic E-state index is 11.9. The molecular formula is C16H16N2O4. The zero-order valence-electron chi connectivity index (χ0n) is 12.0. The second kappa shape index (κ2) is 6.34. The fourth-order valence-corrected chi connectivity index (χ4v) is 2.31. The fourth-order valence-electron chi connectivity index (χ4n) is 2.31. The summed E-state index contributed by atoms with van der Waals surface area (Å²) < 4.78 is 11.6. The Morgan fingerprint density at radius 1 is 1.18 bits per heavy atom. The fraction of sp³-hybridized carbons (Fsp3) is 0.250. The third-order valence-electron chi connectivity index (χ3n) is 3.38. The molecule has 0 aliphatic rings. The monoisotopic (exact) mass is 300 g/mol. The Labute approximate surface area is 126 Å². The van der Waals surface area contributed by atoms with Gasteiger partial charge in [-0.25, -0.2) is 4.79 Å². The van der Waals surface area contributed by atoms with Crippen molar-refractivity contribution in [1.82, 2.24) is 9.88 Å². The molecule has 0 aliphatic heterocycles. The average Bonchev–Trinajstić information content (AvgIpc) is 3.13. The van der Waals surface area contributed by atoms with Crippen LogP contribution in [0.25, 0.3) is 11.1 Å². The predicted molar refractivity (Wildman–Crippen MR) is 80.5 cm³/mol. The van der Waals surface area contributed by atoms with Crippen LogP contribution in [-0.2, 0) is 17.8 Å². The van der Waals surface area contributed by atoms with Gasteiger partial charge in [0, 0.05) is 13.0 Å². The number of hydrogen-bond donors (Lipinski definition) is 1. The first-order valence-electron chi connectivity index (χ1n) is 7.11. The number of furan rings is 1. The minimum Gasteiger partial charge on any atom is -0.469 e. The first kappa shape index (κ1) is 14.2. The Morgan fingerprint density at radius 2 is 2.05 bits per heavy atom. The van der Waals surface area contributed by atoms with Crippen LogP contribution in [0.15, 0.2) is 56.3 Å². The van der Waals surface area contributed by atoms with Crippen LogP contribution in [-0.4, -0.2) is 17.0 Å². The molecule has 0 atom stereocenters. The minimum absolute atomic E-state index is 0.0450. The Morgan fingerprint density at radius 3 is 2.86 bits per heavy atom. The number of nitrogens with one attached hydrogen (secondary N) is 1. The number of aromatic nitrogens is 1. The molecule has 3 aromatic rings. The molecule has 0 radical (unpaired) electrons. The molecule has 0 saturated carbocycles. The molecule has 6 nitrogen and oxygen atoms in total. The third kappa shape index (κ3) is 3.11. The standard InChI is InChI=1S/C16H16N2O4/c19-15(17-9-3-5-12-6-4-10-21-12)11-18-13-7-1-2-8-14(13)22-16(18)20/h1-2,4,6-8,10H,3,5,9,11H2,(H,17,19). The van der Waals surface area contributed by atoms with Crippen LogP contribution in [0, 0.1) is 0 Å². The number of carbonyl (C=O) groups excluding carboxylic acids is 1. The second-order valence-electron chi connectivity index (χ2n) is 4.95. The maximum Gasteiger partial charge on any atom is 0.420 e. The molecule has 2 aromatic heterocycles. The van der Waals surface area contributed by atoms with Crippen molar-refractivity contribution in [1.29, 1.82) is 0 Å². The smallest absolute Gasteiger partial charge is 0.420 e. The van der Waals surface area contributed by atoms with E-state index in [-0.39, 0.29) is 12.5 Å². The summed E-state index contributed by atoms with van der Waals surface area (Å²) in [6, 6.07) is 10.8. The molecule has 114 valence electrons. The van der Waals surface area contributed by atoms with Crippen molar-refractivity contribution in [3.05, 3.63) is 59.0 Å². The molecule has 1 N–H and O–H groups in total. The van der Waals surface area contributed by atoms with E-state index in [1.54, 1.807) is 30.5 Å². The Hall–Kier alpha value is -2.76. The summed E-state index contributed by atoms with van der Waals surface area (Å²) >= 11 is 0. The first-order valence-corrected chi connectivity index (χ1v) is 7.11. The highest BCUT2D eigenvalue weighted by molar-refractivity contribution is 5.79. The largest absolute Gasteiger partial charge is 0.469 e. The zero-order chi connectivity index (χ0) is 15.4. The van der Waals surface area contributed by atoms with Gasteiger partial charge in [-0.2, -0.15) is 0 Å². The quantitative estimate of drug-likeness (QED) is 0.706. The van der Waals surface area contributed by atoms with Gasteiger partial charge in [-0.3, -0.25) is 9.36 Å². The van der Waals surface area contributed by atoms with Crippen LogP contribution in [0.4, 0.5) is 0 Å². The minimum atomic E-state index is -0.521. The van der Waals surface area contributed by atoms with Crippen LogP contribution in [0.1, 0.15) is 12.2 Å². The zero-order valence-corrected chi connectivity index (χ0v) is 12.0. The van der Waals surface area contributed by atoms with Crippen molar-refractivity contribution < 1.29 is 13.6 Å². The number of hydrogen-bond acceptors (Lipinski definition) is 4. The third-order valence-corrected chi connectivity index (χ3v) is 3.38. The van der Waals surface area contributed by atoms with E-state index < -0.39 is 5.76 Å². The molecule has 1 amide bonds. The van der Waals surface area contributed by atoms with E-state index in [0.717, 1.165) is 18.6 Å². The number of para-hydroxylation sites is 2. The van der Waals surface area contributed by atoms with Gasteiger partial charge in [0.25, 0.3) is 0 Å². The van der Waals surface area contributed by atoms with Gasteiger partial charge in [-0.15, -0.1) is 0 Å². The van der Waals surface area contributed by atoms with E-state index in [1.165, 1.54) is 4.57 Å². The summed E-state index contributed by atoms with van der Waals surface area (Å²) in [5, 5.41) is 2.79. The molecule has 1 aromatic carbocycles. The number of aryl methyl sites for hydroxylation is 1. The van der Waals surface area contributed by atoms with Crippen molar-refractivity contribution in [2.45, 2.75) is 19.4 Å². The van der Waals surface area contributed by atoms with Crippen molar-refractivity contribution in [2.24, 2.45) is 0 Å². The van der Waals surface area contributed by atoms with Crippen LogP contribution in [0.2, 0.25) is 0 Å². The van der Waals surface area contributed by atoms with E-state index in [1.807, 2.05) is 12.1 Å². The summed E-state index contributed by atoms with van der Waals surface area (Å²) in [5.41, 5.74) is 1.11. The number of benzene rings is 1. The highest BCUT2D eigenvalue weighted by atomic mass is 16.4. The molecule has 0 saturated heterocycles. The lowest BCUT2D eigenvalue weighted by atomic mass is 10.2. The highest BCUT2D eigenvalue weighted by Crippen LogP contribution is 2.11. The molecule has 3 rings (SSSR count). The number of carbonyl (C=O) groups is 1. The van der Waals surface area contributed by atoms with Gasteiger partial charge in [0.05, 0.1) is 11.8 Å². The van der Waals surface area contributed by atoms with Crippen LogP contribution in [0.5, 0.6) is 0 Å². The Kier molecular flexibility index (Phi) is 4.09. The molecule has 6 heteroatoms. The van der Waals surface area contributed by atoms with Crippen molar-refractivity contribution >= 4 is 17.0 Å². The van der Waals surface area contributed by atoms with E-state index in [4.69, 9.17) is 8.83 Å². The number of amides is 1. The lowest BCUT2D eigenvalue weighted by Crippen LogP contribution is -2.31. The van der Waals surface area contributed by atoms with Gasteiger partial charge in [0.15, 0.2) is 5.58 Å². The first-order chi connectivity index (χ1) is 10.7. The molecule has 0 aliphatic carbocycles. The van der Waals surface area contributed by atoms with Crippen LogP contribution in [0.3, 0.4) is 0 Å². The Balaban J connectivity index is 1.55. The van der Waals surface area contributed by atoms with Gasteiger partial charge in [-0.05, 0) is 30.7 Å². The summed E-state index contributed by atoms with van der Waals surface area (Å²) in [6.07, 6.45) is 3.17. The van der Waals surface area contributed by atoms with Crippen LogP contribution >= 0.6 is 0 Å². The molecule has 22 heavy (non-hydrogen) atoms. The number of nitrogens with zero attached hydrogens (tertiary/aromatic N) is 1. The predicted octanol–water partition coefficient (Wildman–Crippen LogP) is 1.94. The van der Waals surface area contributed by atoms with Crippen LogP contribution < -0.4 is 11.1 Å². The van der Waals surface area contributed by atoms with Gasteiger partial charge in [0.2, 0.25) is 5.91 Å². The normalized spacial score (nSPS) is 10.9. The topological polar surface area (TPSA) is 77.4 Å². The lowest BCUT2D eigenvalue weighted by molar-refractivity contribution is -0.121. The summed E-state index contributed by atoms with van der Waals surface area (Å²) in [4.78, 5) is 23.7. The van der Waals surface area contributed by atoms with Crippen molar-refractivity contribution in [3.8, 4) is 0 Å². The number of rotatable bonds is 6. The summed E-state index contributed by atoms with van der Waals surface area (Å²) in [7, 11) is 0. The molecule has 0 fully saturated rings. The lowest BCUT2D eigenvalue weighted by Gasteiger charge is -2.05. The molecular weight excluding hydrogens is 284 g/mol. The summed E-state index contributed by atoms with van der Waals surface area (Å²) in [5.74, 6) is 0.159. The van der Waals surface area contributed by atoms with Gasteiger partial charge in [-0.1, -0.05) is 12.1 Å². The SMILES string of the molecule is O=C(Cn1c(=O)oc2ccccc21)NCCCc1ccco1. The van der Waals surface area contributed by atoms with Gasteiger partial charge < -0.3 is 14.2 Å². The van der Waals surface area contributed by atoms with E-state index in [9.17, 15) is 9.59 Å². The number of oxazole rings is 1. The van der Waals surface area contributed by atoms with E-state index in [2.05, 4.69) is 5.32 Å². The second-order valence-corrected chi connectivity index (χ2v) is 4.95. The molecule has 0 bridgehead atoms. The van der Waals surface area contributed by atoms with Gasteiger partial charge in [0.1, 0.15) is 12.3 Å². The van der Waals surface area contributed by atoms with Gasteiger partial charge >= 0.3 is 5.76 Å². The average molecular weight is 300 g/mol. The maximum atomic E-state index is 11.9.